The molecule has 1 aromatic carbocycles. The number of hydrogen-bond acceptors (Lipinski definition) is 2. The van der Waals surface area contributed by atoms with E-state index in [4.69, 9.17) is 27.9 Å². The van der Waals surface area contributed by atoms with E-state index in [9.17, 15) is 5.11 Å². The van der Waals surface area contributed by atoms with E-state index >= 15 is 0 Å². The Morgan fingerprint density at radius 1 is 1.62 bits per heavy atom. The third-order valence-electron chi connectivity index (χ3n) is 1.91. The molecule has 0 heterocycles. The minimum atomic E-state index is -0.605. The maximum Gasteiger partial charge on any atom is 0.125 e. The van der Waals surface area contributed by atoms with Crippen molar-refractivity contribution in [2.45, 2.75) is 13.0 Å². The zero-order valence-corrected chi connectivity index (χ0v) is 11.7. The lowest BCUT2D eigenvalue weighted by Crippen LogP contribution is -2.02. The summed E-state index contributed by atoms with van der Waals surface area (Å²) in [4.78, 5) is 0. The second kappa shape index (κ2) is 6.50. The zero-order chi connectivity index (χ0) is 12.1. The molecule has 2 nitrogen and oxygen atoms in total. The molecular weight excluding hydrogens is 315 g/mol. The molecule has 1 rings (SSSR count). The molecule has 1 atom stereocenters. The predicted octanol–water partition coefficient (Wildman–Crippen LogP) is 4.20. The minimum Gasteiger partial charge on any atom is -0.488 e. The van der Waals surface area contributed by atoms with Crippen molar-refractivity contribution in [2.24, 2.45) is 0 Å². The summed E-state index contributed by atoms with van der Waals surface area (Å²) in [6.07, 6.45) is -0.605. The molecular formula is C11H11BrCl2O2. The number of aliphatic hydroxyl groups is 1. The summed E-state index contributed by atoms with van der Waals surface area (Å²) in [5.41, 5.74) is 1.95. The van der Waals surface area contributed by atoms with Crippen LogP contribution >= 0.6 is 39.1 Å². The lowest BCUT2D eigenvalue weighted by atomic mass is 10.1. The van der Waals surface area contributed by atoms with Gasteiger partial charge in [-0.05, 0) is 25.1 Å². The van der Waals surface area contributed by atoms with Crippen LogP contribution in [0.25, 0.3) is 0 Å². The van der Waals surface area contributed by atoms with Gasteiger partial charge in [-0.15, -0.1) is 0 Å². The van der Waals surface area contributed by atoms with Crippen LogP contribution < -0.4 is 4.74 Å². The van der Waals surface area contributed by atoms with Crippen LogP contribution in [0.5, 0.6) is 5.75 Å². The molecule has 0 radical (unpaired) electrons. The fourth-order valence-electron chi connectivity index (χ4n) is 1.16. The van der Waals surface area contributed by atoms with Crippen molar-refractivity contribution in [3.8, 4) is 5.75 Å². The van der Waals surface area contributed by atoms with Crippen LogP contribution in [0.1, 0.15) is 18.6 Å². The molecule has 16 heavy (non-hydrogen) atoms. The number of hydrogen-bond donors (Lipinski definition) is 1. The van der Waals surface area contributed by atoms with Gasteiger partial charge in [0, 0.05) is 15.6 Å². The molecule has 1 N–H and O–H groups in total. The Labute approximate surface area is 113 Å². The van der Waals surface area contributed by atoms with Crippen molar-refractivity contribution in [1.82, 2.24) is 0 Å². The maximum atomic E-state index is 9.58. The fourth-order valence-corrected chi connectivity index (χ4v) is 1.65. The van der Waals surface area contributed by atoms with E-state index in [-0.39, 0.29) is 6.61 Å². The Kier molecular flexibility index (Phi) is 5.62. The summed E-state index contributed by atoms with van der Waals surface area (Å²) in [6, 6.07) is 5.41. The van der Waals surface area contributed by atoms with Crippen molar-refractivity contribution >= 4 is 39.1 Å². The number of benzene rings is 1. The van der Waals surface area contributed by atoms with Crippen LogP contribution in [0, 0.1) is 0 Å². The number of ether oxygens (including phenoxy) is 1. The molecule has 5 heteroatoms. The van der Waals surface area contributed by atoms with Crippen LogP contribution in [-0.4, -0.2) is 11.7 Å². The van der Waals surface area contributed by atoms with Gasteiger partial charge < -0.3 is 9.84 Å². The first kappa shape index (κ1) is 13.8. The summed E-state index contributed by atoms with van der Waals surface area (Å²) in [6.45, 7) is 1.86. The second-order valence-electron chi connectivity index (χ2n) is 3.20. The monoisotopic (exact) mass is 324 g/mol. The topological polar surface area (TPSA) is 29.5 Å². The summed E-state index contributed by atoms with van der Waals surface area (Å²) in [7, 11) is 0. The Bertz CT molecular complexity index is 392. The zero-order valence-electron chi connectivity index (χ0n) is 8.58. The van der Waals surface area contributed by atoms with Gasteiger partial charge in [0.05, 0.1) is 11.1 Å². The van der Waals surface area contributed by atoms with Crippen molar-refractivity contribution in [1.29, 1.82) is 0 Å². The van der Waals surface area contributed by atoms with Gasteiger partial charge in [-0.1, -0.05) is 39.1 Å². The van der Waals surface area contributed by atoms with Crippen LogP contribution in [0.15, 0.2) is 33.2 Å². The normalized spacial score (nSPS) is 13.7. The van der Waals surface area contributed by atoms with Gasteiger partial charge in [0.2, 0.25) is 0 Å². The highest BCUT2D eigenvalue weighted by Crippen LogP contribution is 2.28. The van der Waals surface area contributed by atoms with Crippen LogP contribution in [0.3, 0.4) is 0 Å². The molecule has 0 fully saturated rings. The van der Waals surface area contributed by atoms with Crippen LogP contribution in [0.2, 0.25) is 0 Å². The van der Waals surface area contributed by atoms with E-state index in [1.165, 1.54) is 5.54 Å². The largest absolute Gasteiger partial charge is 0.488 e. The van der Waals surface area contributed by atoms with Crippen LogP contribution in [-0.2, 0) is 0 Å². The Hall–Kier alpha value is -0.220. The average Bonchev–Trinajstić information content (AvgIpc) is 2.26. The first-order chi connectivity index (χ1) is 7.54. The van der Waals surface area contributed by atoms with Gasteiger partial charge in [0.15, 0.2) is 0 Å². The van der Waals surface area contributed by atoms with Gasteiger partial charge in [-0.25, -0.2) is 0 Å². The Morgan fingerprint density at radius 3 is 2.88 bits per heavy atom. The maximum absolute atomic E-state index is 9.58. The molecule has 0 saturated heterocycles. The summed E-state index contributed by atoms with van der Waals surface area (Å²) < 4.78 is 6.32. The van der Waals surface area contributed by atoms with Gasteiger partial charge in [0.25, 0.3) is 0 Å². The standard InChI is InChI=1S/C11H11BrCl2O2/c1-7(15)10-4-8(12)2-3-11(10)16-6-9(14)5-13/h2-5,7,15H,6H2,1H3/t7-/m0/s1. The molecule has 88 valence electrons. The molecule has 0 aliphatic rings. The second-order valence-corrected chi connectivity index (χ2v) is 4.82. The number of aliphatic hydroxyl groups excluding tert-OH is 1. The van der Waals surface area contributed by atoms with Crippen molar-refractivity contribution in [3.63, 3.8) is 0 Å². The Balaban J connectivity index is 2.87. The quantitative estimate of drug-likeness (QED) is 0.899. The SMILES string of the molecule is C[C@H](O)c1cc(Br)ccc1OCC(Cl)=CCl. The van der Waals surface area contributed by atoms with Crippen molar-refractivity contribution in [2.75, 3.05) is 6.61 Å². The molecule has 0 amide bonds. The lowest BCUT2D eigenvalue weighted by molar-refractivity contribution is 0.192. The highest BCUT2D eigenvalue weighted by atomic mass is 79.9. The third-order valence-corrected chi connectivity index (χ3v) is 2.99. The van der Waals surface area contributed by atoms with E-state index < -0.39 is 6.10 Å². The first-order valence-electron chi connectivity index (χ1n) is 4.59. The van der Waals surface area contributed by atoms with Crippen molar-refractivity contribution < 1.29 is 9.84 Å². The number of rotatable bonds is 4. The highest BCUT2D eigenvalue weighted by molar-refractivity contribution is 9.10. The molecule has 0 aromatic heterocycles. The smallest absolute Gasteiger partial charge is 0.125 e. The number of halogens is 3. The molecule has 0 saturated carbocycles. The molecule has 1 aromatic rings. The van der Waals surface area contributed by atoms with E-state index in [1.807, 2.05) is 6.07 Å². The Morgan fingerprint density at radius 2 is 2.31 bits per heavy atom. The fraction of sp³-hybridized carbons (Fsp3) is 0.273. The van der Waals surface area contributed by atoms with Gasteiger partial charge in [-0.2, -0.15) is 0 Å². The van der Waals surface area contributed by atoms with Crippen LogP contribution in [0.4, 0.5) is 0 Å². The lowest BCUT2D eigenvalue weighted by Gasteiger charge is -2.13. The molecule has 0 spiro atoms. The predicted molar refractivity (Wildman–Crippen MR) is 70.1 cm³/mol. The first-order valence-corrected chi connectivity index (χ1v) is 6.20. The highest BCUT2D eigenvalue weighted by Gasteiger charge is 2.10. The van der Waals surface area contributed by atoms with Gasteiger partial charge >= 0.3 is 0 Å². The van der Waals surface area contributed by atoms with E-state index in [1.54, 1.807) is 19.1 Å². The van der Waals surface area contributed by atoms with E-state index in [0.717, 1.165) is 4.47 Å². The average molecular weight is 326 g/mol. The third kappa shape index (κ3) is 3.98. The van der Waals surface area contributed by atoms with Gasteiger partial charge in [-0.3, -0.25) is 0 Å². The molecule has 0 aliphatic carbocycles. The molecule has 0 aliphatic heterocycles. The van der Waals surface area contributed by atoms with Gasteiger partial charge in [0.1, 0.15) is 12.4 Å². The minimum absolute atomic E-state index is 0.187. The van der Waals surface area contributed by atoms with E-state index in [0.29, 0.717) is 16.3 Å². The summed E-state index contributed by atoms with van der Waals surface area (Å²) >= 11 is 14.5. The molecule has 0 unspecified atom stereocenters. The summed E-state index contributed by atoms with van der Waals surface area (Å²) in [5, 5.41) is 9.98. The van der Waals surface area contributed by atoms with E-state index in [2.05, 4.69) is 15.9 Å². The molecule has 0 bridgehead atoms. The summed E-state index contributed by atoms with van der Waals surface area (Å²) in [5.74, 6) is 0.592. The van der Waals surface area contributed by atoms with Crippen molar-refractivity contribution in [3.05, 3.63) is 38.8 Å².